The highest BCUT2D eigenvalue weighted by atomic mass is 28.1. The first-order valence-electron chi connectivity index (χ1n) is 7.06. The van der Waals surface area contributed by atoms with Gasteiger partial charge in [-0.05, 0) is 29.2 Å². The van der Waals surface area contributed by atoms with Crippen LogP contribution < -0.4 is 9.92 Å². The Hall–Kier alpha value is -1.54. The zero-order valence-corrected chi connectivity index (χ0v) is 13.9. The second-order valence-corrected chi connectivity index (χ2v) is 6.02. The summed E-state index contributed by atoms with van der Waals surface area (Å²) in [7, 11) is 1.03. The third kappa shape index (κ3) is 3.96. The summed E-state index contributed by atoms with van der Waals surface area (Å²) in [5.74, 6) is 1.13. The van der Waals surface area contributed by atoms with Crippen molar-refractivity contribution in [3.8, 4) is 5.75 Å². The number of para-hydroxylation sites is 1. The number of unbranched alkanes of at least 4 members (excludes halogenated alkanes) is 1. The highest BCUT2D eigenvalue weighted by Gasteiger charge is 2.06. The first-order chi connectivity index (χ1) is 9.31. The van der Waals surface area contributed by atoms with E-state index in [4.69, 9.17) is 4.74 Å². The van der Waals surface area contributed by atoms with Gasteiger partial charge in [0.2, 0.25) is 0 Å². The van der Waals surface area contributed by atoms with Crippen molar-refractivity contribution in [2.45, 2.75) is 32.8 Å². The Labute approximate surface area is 119 Å². The molecule has 2 aromatic rings. The van der Waals surface area contributed by atoms with Gasteiger partial charge in [0, 0.05) is 10.2 Å². The molecule has 0 aromatic heterocycles. The molecule has 0 amide bonds. The van der Waals surface area contributed by atoms with E-state index >= 15 is 0 Å². The molecule has 0 fully saturated rings. The van der Waals surface area contributed by atoms with E-state index in [0.29, 0.717) is 6.61 Å². The van der Waals surface area contributed by atoms with E-state index in [2.05, 4.69) is 49.4 Å². The molecule has 0 unspecified atom stereocenters. The van der Waals surface area contributed by atoms with Gasteiger partial charge >= 0.3 is 0 Å². The van der Waals surface area contributed by atoms with E-state index in [1.165, 1.54) is 29.2 Å². The predicted molar refractivity (Wildman–Crippen MR) is 85.4 cm³/mol. The van der Waals surface area contributed by atoms with Crippen molar-refractivity contribution in [2.24, 2.45) is 0 Å². The van der Waals surface area contributed by atoms with E-state index in [1.807, 2.05) is 6.07 Å². The lowest BCUT2D eigenvalue weighted by atomic mass is 10.1. The van der Waals surface area contributed by atoms with Crippen molar-refractivity contribution in [2.75, 3.05) is 0 Å². The first kappa shape index (κ1) is 13.9. The SMILES string of the molecule is CCCCc1cccc([SiH3])c1OCc1ccccc1. The Morgan fingerprint density at radius 1 is 1.00 bits per heavy atom. The fourth-order valence-corrected chi connectivity index (χ4v) is 2.87. The molecule has 0 aliphatic heterocycles. The summed E-state index contributed by atoms with van der Waals surface area (Å²) in [4.78, 5) is 0. The molecule has 19 heavy (non-hydrogen) atoms. The van der Waals surface area contributed by atoms with Gasteiger partial charge in [0.05, 0.1) is 0 Å². The Balaban J connectivity index is 2.10. The van der Waals surface area contributed by atoms with E-state index in [9.17, 15) is 0 Å². The lowest BCUT2D eigenvalue weighted by Crippen LogP contribution is -2.12. The number of rotatable bonds is 6. The summed E-state index contributed by atoms with van der Waals surface area (Å²) >= 11 is 0. The fourth-order valence-electron chi connectivity index (χ4n) is 2.21. The minimum atomic E-state index is 0.666. The molecule has 1 nitrogen and oxygen atoms in total. The number of hydrogen-bond acceptors (Lipinski definition) is 1. The van der Waals surface area contributed by atoms with Gasteiger partial charge in [-0.3, -0.25) is 0 Å². The number of ether oxygens (including phenoxy) is 1. The average Bonchev–Trinajstić information content (AvgIpc) is 2.45. The second-order valence-electron chi connectivity index (χ2n) is 4.94. The molecule has 0 atom stereocenters. The lowest BCUT2D eigenvalue weighted by Gasteiger charge is -2.14. The van der Waals surface area contributed by atoms with Crippen molar-refractivity contribution >= 4 is 15.4 Å². The fraction of sp³-hybridized carbons (Fsp3) is 0.294. The zero-order chi connectivity index (χ0) is 13.5. The summed E-state index contributed by atoms with van der Waals surface area (Å²) in [6.45, 7) is 2.90. The maximum Gasteiger partial charge on any atom is 0.121 e. The number of aryl methyl sites for hydroxylation is 1. The summed E-state index contributed by atoms with van der Waals surface area (Å²) in [6, 6.07) is 16.9. The summed E-state index contributed by atoms with van der Waals surface area (Å²) in [5, 5.41) is 1.37. The number of hydrogen-bond donors (Lipinski definition) is 0. The molecular weight excluding hydrogens is 248 g/mol. The normalized spacial score (nSPS) is 10.6. The number of benzene rings is 2. The molecule has 2 aromatic carbocycles. The van der Waals surface area contributed by atoms with Gasteiger partial charge in [-0.15, -0.1) is 0 Å². The molecule has 0 aliphatic carbocycles. The molecule has 0 N–H and O–H groups in total. The van der Waals surface area contributed by atoms with E-state index in [0.717, 1.165) is 22.4 Å². The van der Waals surface area contributed by atoms with E-state index in [-0.39, 0.29) is 0 Å². The minimum Gasteiger partial charge on any atom is -0.489 e. The van der Waals surface area contributed by atoms with Gasteiger partial charge in [-0.1, -0.05) is 61.9 Å². The Morgan fingerprint density at radius 3 is 2.53 bits per heavy atom. The van der Waals surface area contributed by atoms with Crippen LogP contribution in [0.1, 0.15) is 30.9 Å². The van der Waals surface area contributed by atoms with Crippen LogP contribution in [-0.2, 0) is 13.0 Å². The third-order valence-electron chi connectivity index (χ3n) is 3.32. The molecule has 100 valence electrons. The van der Waals surface area contributed by atoms with Gasteiger partial charge in [-0.25, -0.2) is 0 Å². The quantitative estimate of drug-likeness (QED) is 0.733. The minimum absolute atomic E-state index is 0.666. The van der Waals surface area contributed by atoms with Crippen LogP contribution in [0, 0.1) is 0 Å². The van der Waals surface area contributed by atoms with Gasteiger partial charge in [0.1, 0.15) is 12.4 Å². The largest absolute Gasteiger partial charge is 0.489 e. The van der Waals surface area contributed by atoms with Crippen molar-refractivity contribution in [1.29, 1.82) is 0 Å². The Kier molecular flexibility index (Phi) is 5.22. The first-order valence-corrected chi connectivity index (χ1v) is 8.06. The molecule has 0 radical (unpaired) electrons. The van der Waals surface area contributed by atoms with Crippen LogP contribution in [0.4, 0.5) is 0 Å². The zero-order valence-electron chi connectivity index (χ0n) is 11.9. The van der Waals surface area contributed by atoms with Gasteiger partial charge in [0.25, 0.3) is 0 Å². The third-order valence-corrected chi connectivity index (χ3v) is 4.11. The lowest BCUT2D eigenvalue weighted by molar-refractivity contribution is 0.305. The summed E-state index contributed by atoms with van der Waals surface area (Å²) in [5.41, 5.74) is 2.60. The van der Waals surface area contributed by atoms with E-state index < -0.39 is 0 Å². The molecule has 0 bridgehead atoms. The topological polar surface area (TPSA) is 9.23 Å². The van der Waals surface area contributed by atoms with Gasteiger partial charge in [0.15, 0.2) is 0 Å². The highest BCUT2D eigenvalue weighted by Crippen LogP contribution is 2.19. The van der Waals surface area contributed by atoms with Crippen LogP contribution in [0.15, 0.2) is 48.5 Å². The highest BCUT2D eigenvalue weighted by molar-refractivity contribution is 6.34. The van der Waals surface area contributed by atoms with Crippen LogP contribution in [0.25, 0.3) is 0 Å². The maximum absolute atomic E-state index is 6.09. The van der Waals surface area contributed by atoms with Crippen LogP contribution in [0.2, 0.25) is 0 Å². The maximum atomic E-state index is 6.09. The Morgan fingerprint density at radius 2 is 1.79 bits per heavy atom. The smallest absolute Gasteiger partial charge is 0.121 e. The van der Waals surface area contributed by atoms with Gasteiger partial charge in [-0.2, -0.15) is 0 Å². The standard InChI is InChI=1S/C17H22OSi/c1-2-3-10-15-11-7-12-16(19)17(15)18-13-14-8-5-4-6-9-14/h4-9,11-12H,2-3,10,13H2,1,19H3. The molecule has 0 heterocycles. The van der Waals surface area contributed by atoms with Crippen LogP contribution in [0.3, 0.4) is 0 Å². The summed E-state index contributed by atoms with van der Waals surface area (Å²) < 4.78 is 6.09. The second kappa shape index (κ2) is 7.15. The molecule has 2 heteroatoms. The molecule has 0 saturated carbocycles. The van der Waals surface area contributed by atoms with Crippen molar-refractivity contribution in [1.82, 2.24) is 0 Å². The van der Waals surface area contributed by atoms with Gasteiger partial charge < -0.3 is 4.74 Å². The van der Waals surface area contributed by atoms with Crippen molar-refractivity contribution < 1.29 is 4.74 Å². The van der Waals surface area contributed by atoms with Crippen LogP contribution in [0.5, 0.6) is 5.75 Å². The summed E-state index contributed by atoms with van der Waals surface area (Å²) in [6.07, 6.45) is 3.58. The monoisotopic (exact) mass is 270 g/mol. The molecular formula is C17H22OSi. The Bertz CT molecular complexity index is 508. The average molecular weight is 270 g/mol. The van der Waals surface area contributed by atoms with Crippen LogP contribution >= 0.6 is 0 Å². The molecule has 2 rings (SSSR count). The van der Waals surface area contributed by atoms with Crippen LogP contribution in [-0.4, -0.2) is 10.2 Å². The van der Waals surface area contributed by atoms with Crippen molar-refractivity contribution in [3.63, 3.8) is 0 Å². The molecule has 0 spiro atoms. The predicted octanol–water partition coefficient (Wildman–Crippen LogP) is 2.60. The van der Waals surface area contributed by atoms with E-state index in [1.54, 1.807) is 0 Å². The molecule has 0 aliphatic rings. The molecule has 0 saturated heterocycles. The van der Waals surface area contributed by atoms with Crippen molar-refractivity contribution in [3.05, 3.63) is 59.7 Å².